The molecule has 0 saturated carbocycles. The fraction of sp³-hybridized carbons (Fsp3) is 0.231. The van der Waals surface area contributed by atoms with Crippen molar-refractivity contribution in [1.82, 2.24) is 4.98 Å². The highest BCUT2D eigenvalue weighted by molar-refractivity contribution is 7.81. The molecular formula is C13H13N3O5S2. The summed E-state index contributed by atoms with van der Waals surface area (Å²) in [4.78, 5) is 17.0. The van der Waals surface area contributed by atoms with Crippen molar-refractivity contribution in [1.29, 1.82) is 0 Å². The fourth-order valence-corrected chi connectivity index (χ4v) is 3.84. The van der Waals surface area contributed by atoms with Crippen molar-refractivity contribution in [3.8, 4) is 5.75 Å². The van der Waals surface area contributed by atoms with Gasteiger partial charge in [0.25, 0.3) is 11.3 Å². The van der Waals surface area contributed by atoms with Gasteiger partial charge in [0.2, 0.25) is 0 Å². The highest BCUT2D eigenvalue weighted by Crippen LogP contribution is 2.39. The van der Waals surface area contributed by atoms with Gasteiger partial charge in [-0.25, -0.2) is 18.3 Å². The third-order valence-electron chi connectivity index (χ3n) is 3.37. The first kappa shape index (κ1) is 15.7. The van der Waals surface area contributed by atoms with E-state index in [9.17, 15) is 13.6 Å². The SMILES string of the molecule is CN1CCOc2cc(N(c3scnc3C(=O)O)S(=O)O)ccc21. The van der Waals surface area contributed by atoms with Crippen LogP contribution in [0.4, 0.5) is 16.4 Å². The summed E-state index contributed by atoms with van der Waals surface area (Å²) in [5.41, 5.74) is 2.27. The van der Waals surface area contributed by atoms with Gasteiger partial charge >= 0.3 is 5.97 Å². The lowest BCUT2D eigenvalue weighted by molar-refractivity contribution is 0.0692. The number of ether oxygens (including phenoxy) is 1. The molecule has 1 aromatic heterocycles. The first-order valence-electron chi connectivity index (χ1n) is 6.55. The van der Waals surface area contributed by atoms with Crippen molar-refractivity contribution in [2.75, 3.05) is 29.4 Å². The first-order valence-corrected chi connectivity index (χ1v) is 8.49. The monoisotopic (exact) mass is 355 g/mol. The molecule has 1 aliphatic rings. The minimum absolute atomic E-state index is 0.0856. The van der Waals surface area contributed by atoms with Gasteiger partial charge in [0, 0.05) is 13.1 Å². The molecule has 2 heterocycles. The van der Waals surface area contributed by atoms with Crippen molar-refractivity contribution in [2.24, 2.45) is 0 Å². The third kappa shape index (κ3) is 2.87. The molecular weight excluding hydrogens is 342 g/mol. The number of benzene rings is 1. The summed E-state index contributed by atoms with van der Waals surface area (Å²) in [6.45, 7) is 1.26. The lowest BCUT2D eigenvalue weighted by atomic mass is 10.2. The first-order chi connectivity index (χ1) is 11.0. The summed E-state index contributed by atoms with van der Waals surface area (Å²) < 4.78 is 28.0. The van der Waals surface area contributed by atoms with Gasteiger partial charge in [-0.1, -0.05) is 0 Å². The van der Waals surface area contributed by atoms with Crippen molar-refractivity contribution in [3.05, 3.63) is 29.4 Å². The summed E-state index contributed by atoms with van der Waals surface area (Å²) in [7, 11) is 1.93. The van der Waals surface area contributed by atoms with Crippen LogP contribution in [0.3, 0.4) is 0 Å². The molecule has 10 heteroatoms. The third-order valence-corrected chi connectivity index (χ3v) is 5.00. The lowest BCUT2D eigenvalue weighted by Gasteiger charge is -2.29. The van der Waals surface area contributed by atoms with E-state index in [-0.39, 0.29) is 10.7 Å². The molecule has 8 nitrogen and oxygen atoms in total. The maximum absolute atomic E-state index is 11.8. The predicted octanol–water partition coefficient (Wildman–Crippen LogP) is 1.94. The molecule has 0 aliphatic carbocycles. The molecule has 0 radical (unpaired) electrons. The van der Waals surface area contributed by atoms with E-state index in [0.29, 0.717) is 18.0 Å². The summed E-state index contributed by atoms with van der Waals surface area (Å²) in [6, 6.07) is 5.03. The zero-order chi connectivity index (χ0) is 16.6. The summed E-state index contributed by atoms with van der Waals surface area (Å²) in [6.07, 6.45) is 0. The molecule has 1 aromatic carbocycles. The van der Waals surface area contributed by atoms with Gasteiger partial charge < -0.3 is 14.7 Å². The second kappa shape index (κ2) is 6.14. The number of carbonyl (C=O) groups is 1. The number of nitrogens with zero attached hydrogens (tertiary/aromatic N) is 3. The zero-order valence-corrected chi connectivity index (χ0v) is 13.6. The minimum Gasteiger partial charge on any atom is -0.489 e. The number of rotatable bonds is 4. The molecule has 0 amide bonds. The van der Waals surface area contributed by atoms with Crippen LogP contribution in [0.25, 0.3) is 0 Å². The average molecular weight is 355 g/mol. The van der Waals surface area contributed by atoms with Gasteiger partial charge in [0.15, 0.2) is 5.69 Å². The average Bonchev–Trinajstić information content (AvgIpc) is 2.96. The highest BCUT2D eigenvalue weighted by Gasteiger charge is 2.26. The van der Waals surface area contributed by atoms with E-state index in [0.717, 1.165) is 27.9 Å². The number of carboxylic acid groups (broad SMARTS) is 1. The number of likely N-dealkylation sites (N-methyl/N-ethyl adjacent to an activating group) is 1. The van der Waals surface area contributed by atoms with E-state index in [1.165, 1.54) is 5.51 Å². The molecule has 122 valence electrons. The largest absolute Gasteiger partial charge is 0.489 e. The quantitative estimate of drug-likeness (QED) is 0.808. The molecule has 2 N–H and O–H groups in total. The number of hydrogen-bond acceptors (Lipinski definition) is 6. The normalized spacial score (nSPS) is 14.8. The van der Waals surface area contributed by atoms with Crippen LogP contribution in [0.5, 0.6) is 5.75 Å². The second-order valence-electron chi connectivity index (χ2n) is 4.76. The topological polar surface area (TPSA) is 103 Å². The van der Waals surface area contributed by atoms with Crippen LogP contribution in [0.2, 0.25) is 0 Å². The number of anilines is 3. The van der Waals surface area contributed by atoms with Crippen LogP contribution >= 0.6 is 11.3 Å². The van der Waals surface area contributed by atoms with Crippen molar-refractivity contribution in [3.63, 3.8) is 0 Å². The maximum atomic E-state index is 11.8. The van der Waals surface area contributed by atoms with Crippen molar-refractivity contribution < 1.29 is 23.4 Å². The van der Waals surface area contributed by atoms with E-state index in [1.807, 2.05) is 11.9 Å². The van der Waals surface area contributed by atoms with Gasteiger partial charge in [0.05, 0.1) is 23.4 Å². The molecule has 0 spiro atoms. The Bertz CT molecular complexity index is 779. The Morgan fingerprint density at radius 3 is 3.00 bits per heavy atom. The number of fused-ring (bicyclic) bond motifs is 1. The Labute approximate surface area is 138 Å². The second-order valence-corrected chi connectivity index (χ2v) is 6.42. The van der Waals surface area contributed by atoms with E-state index in [1.54, 1.807) is 18.2 Å². The smallest absolute Gasteiger partial charge is 0.357 e. The molecule has 0 bridgehead atoms. The van der Waals surface area contributed by atoms with Gasteiger partial charge in [-0.05, 0) is 12.1 Å². The molecule has 0 fully saturated rings. The number of aromatic nitrogens is 1. The number of thiazole rings is 1. The van der Waals surface area contributed by atoms with Crippen LogP contribution in [0.15, 0.2) is 23.7 Å². The molecule has 0 saturated heterocycles. The van der Waals surface area contributed by atoms with Crippen molar-refractivity contribution in [2.45, 2.75) is 0 Å². The fourth-order valence-electron chi connectivity index (χ4n) is 2.28. The number of carboxylic acids is 1. The van der Waals surface area contributed by atoms with E-state index in [2.05, 4.69) is 4.98 Å². The number of hydrogen-bond donors (Lipinski definition) is 2. The molecule has 23 heavy (non-hydrogen) atoms. The summed E-state index contributed by atoms with van der Waals surface area (Å²) in [5, 5.41) is 9.25. The Morgan fingerprint density at radius 1 is 1.52 bits per heavy atom. The summed E-state index contributed by atoms with van der Waals surface area (Å²) >= 11 is -1.47. The van der Waals surface area contributed by atoms with Crippen molar-refractivity contribution >= 4 is 44.9 Å². The van der Waals surface area contributed by atoms with Crippen LogP contribution < -0.4 is 13.9 Å². The van der Waals surface area contributed by atoms with E-state index < -0.39 is 17.2 Å². The Hall–Kier alpha value is -2.17. The minimum atomic E-state index is -2.45. The highest BCUT2D eigenvalue weighted by atomic mass is 32.2. The van der Waals surface area contributed by atoms with Gasteiger partial charge in [-0.15, -0.1) is 11.3 Å². The molecule has 1 aliphatic heterocycles. The van der Waals surface area contributed by atoms with Crippen LogP contribution in [-0.2, 0) is 11.3 Å². The lowest BCUT2D eigenvalue weighted by Crippen LogP contribution is -2.29. The molecule has 2 aromatic rings. The standard InChI is InChI=1S/C13H13N3O5S2/c1-15-4-5-21-10-6-8(2-3-9(10)15)16(23(19)20)12-11(13(17)18)14-7-22-12/h2-3,6-7H,4-5H2,1H3,(H,17,18)(H,19,20). The Morgan fingerprint density at radius 2 is 2.30 bits per heavy atom. The van der Waals surface area contributed by atoms with Crippen LogP contribution in [0, 0.1) is 0 Å². The molecule has 1 atom stereocenters. The van der Waals surface area contributed by atoms with E-state index >= 15 is 0 Å². The Kier molecular flexibility index (Phi) is 4.20. The Balaban J connectivity index is 2.07. The van der Waals surface area contributed by atoms with E-state index in [4.69, 9.17) is 9.84 Å². The van der Waals surface area contributed by atoms with Crippen LogP contribution in [0.1, 0.15) is 10.5 Å². The zero-order valence-electron chi connectivity index (χ0n) is 12.0. The molecule has 3 rings (SSSR count). The van der Waals surface area contributed by atoms with Gasteiger partial charge in [-0.2, -0.15) is 0 Å². The predicted molar refractivity (Wildman–Crippen MR) is 87.2 cm³/mol. The van der Waals surface area contributed by atoms with Gasteiger partial charge in [-0.3, -0.25) is 4.55 Å². The van der Waals surface area contributed by atoms with Crippen LogP contribution in [-0.4, -0.2) is 45.0 Å². The maximum Gasteiger partial charge on any atom is 0.357 e. The number of aromatic carboxylic acids is 1. The molecule has 1 unspecified atom stereocenters. The summed E-state index contributed by atoms with van der Waals surface area (Å²) in [5.74, 6) is -0.682. The van der Waals surface area contributed by atoms with Gasteiger partial charge in [0.1, 0.15) is 17.4 Å².